The third-order valence-electron chi connectivity index (χ3n) is 4.31. The molecule has 0 bridgehead atoms. The molecule has 1 heterocycles. The van der Waals surface area contributed by atoms with Crippen LogP contribution in [0.25, 0.3) is 0 Å². The van der Waals surface area contributed by atoms with E-state index in [0.717, 1.165) is 11.1 Å². The molecular formula is C21H22N2O5S. The Hall–Kier alpha value is -3.26. The number of hydrogen-bond donors (Lipinski definition) is 1. The van der Waals surface area contributed by atoms with E-state index < -0.39 is 10.0 Å². The molecule has 1 aromatic heterocycles. The van der Waals surface area contributed by atoms with Gasteiger partial charge < -0.3 is 14.2 Å². The van der Waals surface area contributed by atoms with Crippen molar-refractivity contribution in [2.45, 2.75) is 18.4 Å². The summed E-state index contributed by atoms with van der Waals surface area (Å²) < 4.78 is 44.6. The highest BCUT2D eigenvalue weighted by atomic mass is 32.2. The average molecular weight is 414 g/mol. The molecule has 3 aromatic rings. The second-order valence-electron chi connectivity index (χ2n) is 6.19. The van der Waals surface area contributed by atoms with Crippen molar-refractivity contribution in [3.63, 3.8) is 0 Å². The number of sulfonamides is 1. The van der Waals surface area contributed by atoms with Crippen LogP contribution in [0.3, 0.4) is 0 Å². The van der Waals surface area contributed by atoms with Crippen LogP contribution in [0.4, 0.5) is 5.82 Å². The molecule has 0 saturated carbocycles. The van der Waals surface area contributed by atoms with Gasteiger partial charge in [-0.05, 0) is 42.3 Å². The first kappa shape index (κ1) is 20.5. The predicted molar refractivity (Wildman–Crippen MR) is 110 cm³/mol. The molecule has 0 aliphatic carbocycles. The zero-order valence-corrected chi connectivity index (χ0v) is 17.2. The minimum absolute atomic E-state index is 0.0603. The van der Waals surface area contributed by atoms with Crippen LogP contribution in [-0.2, 0) is 16.6 Å². The van der Waals surface area contributed by atoms with E-state index in [1.807, 2.05) is 31.2 Å². The van der Waals surface area contributed by atoms with Crippen LogP contribution in [0.1, 0.15) is 11.1 Å². The highest BCUT2D eigenvalue weighted by Crippen LogP contribution is 2.31. The van der Waals surface area contributed by atoms with Gasteiger partial charge in [0.05, 0.1) is 14.2 Å². The van der Waals surface area contributed by atoms with Crippen molar-refractivity contribution >= 4 is 15.8 Å². The van der Waals surface area contributed by atoms with Gasteiger partial charge in [-0.15, -0.1) is 0 Å². The maximum Gasteiger partial charge on any atom is 0.266 e. The smallest absolute Gasteiger partial charge is 0.266 e. The van der Waals surface area contributed by atoms with E-state index in [-0.39, 0.29) is 23.1 Å². The van der Waals surface area contributed by atoms with Gasteiger partial charge in [-0.3, -0.25) is 4.72 Å². The van der Waals surface area contributed by atoms with E-state index in [4.69, 9.17) is 14.2 Å². The fraction of sp³-hybridized carbons (Fsp3) is 0.190. The normalized spacial score (nSPS) is 11.0. The molecule has 1 N–H and O–H groups in total. The van der Waals surface area contributed by atoms with E-state index >= 15 is 0 Å². The number of anilines is 1. The van der Waals surface area contributed by atoms with Crippen LogP contribution in [0, 0.1) is 6.92 Å². The molecule has 0 atom stereocenters. The molecule has 0 amide bonds. The van der Waals surface area contributed by atoms with Crippen LogP contribution in [-0.4, -0.2) is 27.6 Å². The molecule has 0 fully saturated rings. The fourth-order valence-corrected chi connectivity index (χ4v) is 3.89. The highest BCUT2D eigenvalue weighted by Gasteiger charge is 2.23. The standard InChI is InChI=1S/C21H22N2O5S/c1-15-7-4-5-8-16(15)14-28-19-9-6-12-22-21(19)23-29(24,25)20-13-17(26-2)10-11-18(20)27-3/h4-13H,14H2,1-3H3,(H,22,23). The molecule has 0 spiro atoms. The zero-order chi connectivity index (χ0) is 20.9. The topological polar surface area (TPSA) is 86.8 Å². The fourth-order valence-electron chi connectivity index (χ4n) is 2.69. The number of pyridine rings is 1. The number of methoxy groups -OCH3 is 2. The lowest BCUT2D eigenvalue weighted by Crippen LogP contribution is -2.16. The van der Waals surface area contributed by atoms with E-state index in [2.05, 4.69) is 9.71 Å². The summed E-state index contributed by atoms with van der Waals surface area (Å²) in [7, 11) is -1.14. The number of aromatic nitrogens is 1. The van der Waals surface area contributed by atoms with Gasteiger partial charge in [0.25, 0.3) is 10.0 Å². The maximum absolute atomic E-state index is 13.0. The Labute approximate surface area is 170 Å². The molecule has 0 saturated heterocycles. The highest BCUT2D eigenvalue weighted by molar-refractivity contribution is 7.92. The van der Waals surface area contributed by atoms with Crippen molar-refractivity contribution in [2.75, 3.05) is 18.9 Å². The summed E-state index contributed by atoms with van der Waals surface area (Å²) in [6, 6.07) is 15.7. The largest absolute Gasteiger partial charge is 0.497 e. The van der Waals surface area contributed by atoms with E-state index in [9.17, 15) is 8.42 Å². The van der Waals surface area contributed by atoms with E-state index in [1.54, 1.807) is 18.2 Å². The zero-order valence-electron chi connectivity index (χ0n) is 16.4. The van der Waals surface area contributed by atoms with Crippen molar-refractivity contribution in [3.8, 4) is 17.2 Å². The van der Waals surface area contributed by atoms with Crippen LogP contribution >= 0.6 is 0 Å². The van der Waals surface area contributed by atoms with Crippen LogP contribution < -0.4 is 18.9 Å². The lowest BCUT2D eigenvalue weighted by atomic mass is 10.1. The molecule has 0 aliphatic rings. The lowest BCUT2D eigenvalue weighted by Gasteiger charge is -2.15. The van der Waals surface area contributed by atoms with E-state index in [1.165, 1.54) is 32.5 Å². The Kier molecular flexibility index (Phi) is 6.23. The average Bonchev–Trinajstić information content (AvgIpc) is 2.73. The number of nitrogens with zero attached hydrogens (tertiary/aromatic N) is 1. The molecule has 8 heteroatoms. The number of ether oxygens (including phenoxy) is 3. The molecule has 0 aliphatic heterocycles. The quantitative estimate of drug-likeness (QED) is 0.604. The summed E-state index contributed by atoms with van der Waals surface area (Å²) in [6.45, 7) is 2.27. The molecule has 2 aromatic carbocycles. The molecule has 3 rings (SSSR count). The third kappa shape index (κ3) is 4.78. The van der Waals surface area contributed by atoms with Crippen molar-refractivity contribution in [3.05, 3.63) is 71.9 Å². The first-order valence-electron chi connectivity index (χ1n) is 8.82. The number of benzene rings is 2. The first-order chi connectivity index (χ1) is 13.9. The van der Waals surface area contributed by atoms with Crippen molar-refractivity contribution < 1.29 is 22.6 Å². The number of hydrogen-bond acceptors (Lipinski definition) is 6. The molecule has 7 nitrogen and oxygen atoms in total. The van der Waals surface area contributed by atoms with Crippen LogP contribution in [0.2, 0.25) is 0 Å². The second kappa shape index (κ2) is 8.83. The lowest BCUT2D eigenvalue weighted by molar-refractivity contribution is 0.306. The van der Waals surface area contributed by atoms with E-state index in [0.29, 0.717) is 11.5 Å². The molecule has 152 valence electrons. The predicted octanol–water partition coefficient (Wildman–Crippen LogP) is 3.79. The van der Waals surface area contributed by atoms with Crippen molar-refractivity contribution in [1.29, 1.82) is 0 Å². The second-order valence-corrected chi connectivity index (χ2v) is 7.84. The van der Waals surface area contributed by atoms with Gasteiger partial charge in [0.2, 0.25) is 0 Å². The maximum atomic E-state index is 13.0. The molecule has 0 radical (unpaired) electrons. The summed E-state index contributed by atoms with van der Waals surface area (Å²) in [6.07, 6.45) is 1.49. The number of nitrogens with one attached hydrogen (secondary N) is 1. The van der Waals surface area contributed by atoms with Gasteiger partial charge in [-0.1, -0.05) is 24.3 Å². The van der Waals surface area contributed by atoms with Gasteiger partial charge in [-0.2, -0.15) is 0 Å². The van der Waals surface area contributed by atoms with Gasteiger partial charge in [0, 0.05) is 12.3 Å². The first-order valence-corrected chi connectivity index (χ1v) is 10.3. The van der Waals surface area contributed by atoms with Gasteiger partial charge in [0.1, 0.15) is 23.0 Å². The van der Waals surface area contributed by atoms with Crippen LogP contribution in [0.5, 0.6) is 17.2 Å². The minimum atomic E-state index is -4.00. The Bertz CT molecular complexity index is 1100. The Morgan fingerprint density at radius 1 is 0.966 bits per heavy atom. The third-order valence-corrected chi connectivity index (χ3v) is 5.67. The monoisotopic (exact) mass is 414 g/mol. The Morgan fingerprint density at radius 3 is 2.48 bits per heavy atom. The van der Waals surface area contributed by atoms with Crippen LogP contribution in [0.15, 0.2) is 65.7 Å². The summed E-state index contributed by atoms with van der Waals surface area (Å²) in [5, 5.41) is 0. The van der Waals surface area contributed by atoms with Gasteiger partial charge in [0.15, 0.2) is 11.6 Å². The minimum Gasteiger partial charge on any atom is -0.497 e. The van der Waals surface area contributed by atoms with Crippen molar-refractivity contribution in [1.82, 2.24) is 4.98 Å². The number of aryl methyl sites for hydroxylation is 1. The Balaban J connectivity index is 1.88. The Morgan fingerprint density at radius 2 is 1.76 bits per heavy atom. The number of rotatable bonds is 8. The summed E-state index contributed by atoms with van der Waals surface area (Å²) in [5.41, 5.74) is 2.08. The molecular weight excluding hydrogens is 392 g/mol. The molecule has 29 heavy (non-hydrogen) atoms. The molecule has 0 unspecified atom stereocenters. The summed E-state index contributed by atoms with van der Waals surface area (Å²) in [5.74, 6) is 0.993. The van der Waals surface area contributed by atoms with Crippen molar-refractivity contribution in [2.24, 2.45) is 0 Å². The van der Waals surface area contributed by atoms with Gasteiger partial charge >= 0.3 is 0 Å². The summed E-state index contributed by atoms with van der Waals surface area (Å²) in [4.78, 5) is 4.07. The summed E-state index contributed by atoms with van der Waals surface area (Å²) >= 11 is 0. The van der Waals surface area contributed by atoms with Gasteiger partial charge in [-0.25, -0.2) is 13.4 Å². The SMILES string of the molecule is COc1ccc(OC)c(S(=O)(=O)Nc2ncccc2OCc2ccccc2C)c1.